The molecule has 8 heteroatoms. The number of nitrogens with zero attached hydrogens (tertiary/aromatic N) is 1. The van der Waals surface area contributed by atoms with E-state index in [1.807, 2.05) is 22.6 Å². The fourth-order valence-electron chi connectivity index (χ4n) is 2.99. The molecule has 138 valence electrons. The van der Waals surface area contributed by atoms with Crippen LogP contribution < -0.4 is 10.6 Å². The van der Waals surface area contributed by atoms with Gasteiger partial charge in [0.25, 0.3) is 5.91 Å². The zero-order valence-corrected chi connectivity index (χ0v) is 16.0. The number of anilines is 2. The summed E-state index contributed by atoms with van der Waals surface area (Å²) in [6.07, 6.45) is 2.89. The van der Waals surface area contributed by atoms with Crippen LogP contribution in [0.3, 0.4) is 0 Å². The van der Waals surface area contributed by atoms with Crippen LogP contribution in [-0.2, 0) is 0 Å². The number of aromatic nitrogens is 1. The highest BCUT2D eigenvalue weighted by atomic mass is 127. The van der Waals surface area contributed by atoms with Crippen LogP contribution in [-0.4, -0.2) is 39.4 Å². The first-order valence-corrected chi connectivity index (χ1v) is 9.36. The number of hydrogen-bond acceptors (Lipinski definition) is 5. The maximum absolute atomic E-state index is 14.1. The Balaban J connectivity index is 1.79. The molecule has 1 heterocycles. The van der Waals surface area contributed by atoms with E-state index in [0.29, 0.717) is 18.5 Å². The summed E-state index contributed by atoms with van der Waals surface area (Å²) in [5.41, 5.74) is 0.877. The van der Waals surface area contributed by atoms with E-state index >= 15 is 0 Å². The van der Waals surface area contributed by atoms with Gasteiger partial charge < -0.3 is 20.8 Å². The Bertz CT molecular complexity index is 805. The summed E-state index contributed by atoms with van der Waals surface area (Å²) < 4.78 is 14.9. The van der Waals surface area contributed by atoms with Crippen molar-refractivity contribution in [3.05, 3.63) is 51.6 Å². The van der Waals surface area contributed by atoms with E-state index in [4.69, 9.17) is 0 Å². The highest BCUT2D eigenvalue weighted by Gasteiger charge is 2.32. The highest BCUT2D eigenvalue weighted by Crippen LogP contribution is 2.25. The number of halogens is 2. The monoisotopic (exact) mass is 471 g/mol. The van der Waals surface area contributed by atoms with Gasteiger partial charge in [0.2, 0.25) is 0 Å². The minimum Gasteiger partial charge on any atom is -0.390 e. The van der Waals surface area contributed by atoms with Crippen molar-refractivity contribution in [2.45, 2.75) is 37.5 Å². The summed E-state index contributed by atoms with van der Waals surface area (Å²) in [6.45, 7) is 0. The Morgan fingerprint density at radius 2 is 2.04 bits per heavy atom. The fraction of sp³-hybridized carbons (Fsp3) is 0.333. The van der Waals surface area contributed by atoms with E-state index in [-0.39, 0.29) is 11.3 Å². The third-order valence-corrected chi connectivity index (χ3v) is 5.08. The van der Waals surface area contributed by atoms with E-state index in [9.17, 15) is 19.4 Å². The maximum Gasteiger partial charge on any atom is 0.253 e. The standard InChI is InChI=1S/C18H19FIN3O3/c19-12-8-10(20)4-5-13(12)22-15-9-21-7-6-11(15)18(26)23-14-2-1-3-16(24)17(14)25/h4-9,14,16-17,22,24-25H,1-3H2,(H,23,26). The Morgan fingerprint density at radius 1 is 1.23 bits per heavy atom. The second kappa shape index (κ2) is 8.28. The number of amides is 1. The van der Waals surface area contributed by atoms with Crippen LogP contribution in [0.4, 0.5) is 15.8 Å². The van der Waals surface area contributed by atoms with Crippen molar-refractivity contribution in [3.63, 3.8) is 0 Å². The summed E-state index contributed by atoms with van der Waals surface area (Å²) in [5, 5.41) is 25.5. The van der Waals surface area contributed by atoms with Gasteiger partial charge in [0.15, 0.2) is 0 Å². The van der Waals surface area contributed by atoms with Crippen molar-refractivity contribution in [2.75, 3.05) is 5.32 Å². The molecule has 3 atom stereocenters. The smallest absolute Gasteiger partial charge is 0.253 e. The average molecular weight is 471 g/mol. The van der Waals surface area contributed by atoms with Gasteiger partial charge in [-0.25, -0.2) is 4.39 Å². The molecule has 0 spiro atoms. The van der Waals surface area contributed by atoms with Gasteiger partial charge >= 0.3 is 0 Å². The SMILES string of the molecule is O=C(NC1CCCC(O)C1O)c1ccncc1Nc1ccc(I)cc1F. The number of aliphatic hydroxyl groups is 2. The van der Waals surface area contributed by atoms with Crippen LogP contribution in [0.5, 0.6) is 0 Å². The average Bonchev–Trinajstić information content (AvgIpc) is 2.62. The number of hydrogen-bond donors (Lipinski definition) is 4. The molecule has 1 aliphatic rings. The van der Waals surface area contributed by atoms with Gasteiger partial charge in [0.1, 0.15) is 5.82 Å². The molecule has 1 saturated carbocycles. The van der Waals surface area contributed by atoms with Crippen molar-refractivity contribution in [2.24, 2.45) is 0 Å². The third-order valence-electron chi connectivity index (χ3n) is 4.40. The van der Waals surface area contributed by atoms with Gasteiger partial charge in [-0.15, -0.1) is 0 Å². The van der Waals surface area contributed by atoms with Crippen molar-refractivity contribution in [3.8, 4) is 0 Å². The molecule has 4 N–H and O–H groups in total. The van der Waals surface area contributed by atoms with Crippen molar-refractivity contribution in [1.29, 1.82) is 0 Å². The summed E-state index contributed by atoms with van der Waals surface area (Å²) in [6, 6.07) is 5.73. The number of nitrogens with one attached hydrogen (secondary N) is 2. The molecule has 26 heavy (non-hydrogen) atoms. The molecule has 1 aliphatic carbocycles. The molecular weight excluding hydrogens is 452 g/mol. The first-order chi connectivity index (χ1) is 12.5. The molecule has 6 nitrogen and oxygen atoms in total. The lowest BCUT2D eigenvalue weighted by Gasteiger charge is -2.32. The quantitative estimate of drug-likeness (QED) is 0.515. The largest absolute Gasteiger partial charge is 0.390 e. The maximum atomic E-state index is 14.1. The van der Waals surface area contributed by atoms with Crippen LogP contribution in [0.1, 0.15) is 29.6 Å². The highest BCUT2D eigenvalue weighted by molar-refractivity contribution is 14.1. The molecule has 2 aromatic rings. The molecule has 0 saturated heterocycles. The van der Waals surface area contributed by atoms with Crippen molar-refractivity contribution >= 4 is 39.9 Å². The number of pyridine rings is 1. The minimum absolute atomic E-state index is 0.237. The van der Waals surface area contributed by atoms with Gasteiger partial charge in [-0.1, -0.05) is 0 Å². The van der Waals surface area contributed by atoms with Gasteiger partial charge in [0.05, 0.1) is 41.4 Å². The second-order valence-corrected chi connectivity index (χ2v) is 7.48. The van der Waals surface area contributed by atoms with Crippen LogP contribution in [0.25, 0.3) is 0 Å². The first-order valence-electron chi connectivity index (χ1n) is 8.29. The molecular formula is C18H19FIN3O3. The van der Waals surface area contributed by atoms with Crippen LogP contribution in [0.2, 0.25) is 0 Å². The van der Waals surface area contributed by atoms with E-state index in [2.05, 4.69) is 15.6 Å². The molecule has 1 fully saturated rings. The van der Waals surface area contributed by atoms with Gasteiger partial charge in [-0.05, 0) is 66.1 Å². The lowest BCUT2D eigenvalue weighted by atomic mass is 9.90. The summed E-state index contributed by atoms with van der Waals surface area (Å²) in [4.78, 5) is 16.6. The predicted octanol–water partition coefficient (Wildman–Crippen LogP) is 2.57. The number of carbonyl (C=O) groups is 1. The van der Waals surface area contributed by atoms with Crippen molar-refractivity contribution < 1.29 is 19.4 Å². The Kier molecular flexibility index (Phi) is 6.05. The Morgan fingerprint density at radius 3 is 2.81 bits per heavy atom. The lowest BCUT2D eigenvalue weighted by Crippen LogP contribution is -2.51. The molecule has 3 rings (SSSR count). The molecule has 0 radical (unpaired) electrons. The minimum atomic E-state index is -1.00. The summed E-state index contributed by atoms with van der Waals surface area (Å²) in [7, 11) is 0. The van der Waals surface area contributed by atoms with Crippen LogP contribution in [0, 0.1) is 9.39 Å². The third kappa shape index (κ3) is 4.30. The van der Waals surface area contributed by atoms with E-state index in [0.717, 1.165) is 9.99 Å². The first kappa shape index (κ1) is 19.0. The second-order valence-electron chi connectivity index (χ2n) is 6.24. The fourth-order valence-corrected chi connectivity index (χ4v) is 3.44. The molecule has 0 aliphatic heterocycles. The molecule has 1 amide bonds. The van der Waals surface area contributed by atoms with Crippen LogP contribution in [0.15, 0.2) is 36.7 Å². The normalized spacial score (nSPS) is 22.7. The zero-order valence-electron chi connectivity index (χ0n) is 13.8. The summed E-state index contributed by atoms with van der Waals surface area (Å²) >= 11 is 2.02. The van der Waals surface area contributed by atoms with Gasteiger partial charge in [-0.2, -0.15) is 0 Å². The van der Waals surface area contributed by atoms with E-state index in [1.165, 1.54) is 24.5 Å². The molecule has 3 unspecified atom stereocenters. The number of aliphatic hydroxyl groups excluding tert-OH is 2. The molecule has 0 bridgehead atoms. The Labute approximate surface area is 164 Å². The Hall–Kier alpha value is -1.78. The van der Waals surface area contributed by atoms with E-state index < -0.39 is 30.0 Å². The van der Waals surface area contributed by atoms with Gasteiger partial charge in [0, 0.05) is 9.77 Å². The summed E-state index contributed by atoms with van der Waals surface area (Å²) in [5.74, 6) is -0.850. The number of benzene rings is 1. The zero-order chi connectivity index (χ0) is 18.7. The topological polar surface area (TPSA) is 94.5 Å². The molecule has 1 aromatic carbocycles. The lowest BCUT2D eigenvalue weighted by molar-refractivity contribution is -0.0277. The van der Waals surface area contributed by atoms with Crippen molar-refractivity contribution in [1.82, 2.24) is 10.3 Å². The number of carbonyl (C=O) groups excluding carboxylic acids is 1. The van der Waals surface area contributed by atoms with Gasteiger partial charge in [-0.3, -0.25) is 9.78 Å². The number of rotatable bonds is 4. The molecule has 1 aromatic heterocycles. The van der Waals surface area contributed by atoms with Crippen LogP contribution >= 0.6 is 22.6 Å². The van der Waals surface area contributed by atoms with E-state index in [1.54, 1.807) is 12.1 Å². The predicted molar refractivity (Wildman–Crippen MR) is 104 cm³/mol.